The molecule has 1 aliphatic rings. The SMILES string of the molecule is COc1ccc(C)c(N2CC(OC(=O)O)CC2=O)c1. The highest BCUT2D eigenvalue weighted by Crippen LogP contribution is 2.29. The third-order valence-corrected chi connectivity index (χ3v) is 3.06. The number of aryl methyl sites for hydroxylation is 1. The van der Waals surface area contributed by atoms with Gasteiger partial charge in [0.25, 0.3) is 0 Å². The molecule has 6 heteroatoms. The number of ether oxygens (including phenoxy) is 2. The summed E-state index contributed by atoms with van der Waals surface area (Å²) in [6, 6.07) is 5.42. The van der Waals surface area contributed by atoms with E-state index < -0.39 is 12.3 Å². The molecule has 0 aromatic heterocycles. The van der Waals surface area contributed by atoms with Crippen molar-refractivity contribution in [3.05, 3.63) is 23.8 Å². The minimum atomic E-state index is -1.36. The molecule has 1 amide bonds. The Morgan fingerprint density at radius 3 is 2.84 bits per heavy atom. The maximum absolute atomic E-state index is 11.9. The second-order valence-electron chi connectivity index (χ2n) is 4.37. The minimum Gasteiger partial charge on any atom is -0.497 e. The van der Waals surface area contributed by atoms with E-state index in [9.17, 15) is 9.59 Å². The Balaban J connectivity index is 2.22. The first kappa shape index (κ1) is 13.2. The predicted molar refractivity (Wildman–Crippen MR) is 67.6 cm³/mol. The van der Waals surface area contributed by atoms with Gasteiger partial charge in [-0.15, -0.1) is 0 Å². The lowest BCUT2D eigenvalue weighted by Gasteiger charge is -2.19. The van der Waals surface area contributed by atoms with Crippen LogP contribution in [0.15, 0.2) is 18.2 Å². The van der Waals surface area contributed by atoms with Crippen LogP contribution >= 0.6 is 0 Å². The third kappa shape index (κ3) is 2.78. The van der Waals surface area contributed by atoms with Gasteiger partial charge in [0.05, 0.1) is 25.8 Å². The van der Waals surface area contributed by atoms with Gasteiger partial charge in [0.1, 0.15) is 11.9 Å². The molecule has 102 valence electrons. The molecule has 1 N–H and O–H groups in total. The monoisotopic (exact) mass is 265 g/mol. The van der Waals surface area contributed by atoms with E-state index >= 15 is 0 Å². The first-order valence-corrected chi connectivity index (χ1v) is 5.86. The van der Waals surface area contributed by atoms with Gasteiger partial charge in [0, 0.05) is 6.07 Å². The number of methoxy groups -OCH3 is 1. The number of carboxylic acid groups (broad SMARTS) is 1. The molecule has 1 aromatic carbocycles. The summed E-state index contributed by atoms with van der Waals surface area (Å²) >= 11 is 0. The Hall–Kier alpha value is -2.24. The summed E-state index contributed by atoms with van der Waals surface area (Å²) in [6.07, 6.45) is -1.90. The number of carbonyl (C=O) groups excluding carboxylic acids is 1. The fourth-order valence-corrected chi connectivity index (χ4v) is 2.14. The summed E-state index contributed by atoms with van der Waals surface area (Å²) in [5.41, 5.74) is 1.64. The van der Waals surface area contributed by atoms with Crippen LogP contribution in [0.3, 0.4) is 0 Å². The summed E-state index contributed by atoms with van der Waals surface area (Å²) in [5.74, 6) is 0.499. The number of nitrogens with zero attached hydrogens (tertiary/aromatic N) is 1. The Kier molecular flexibility index (Phi) is 3.59. The molecule has 1 saturated heterocycles. The number of amides is 1. The number of anilines is 1. The molecular formula is C13H15NO5. The maximum Gasteiger partial charge on any atom is 0.506 e. The Bertz CT molecular complexity index is 514. The second-order valence-corrected chi connectivity index (χ2v) is 4.37. The molecule has 0 spiro atoms. The van der Waals surface area contributed by atoms with E-state index in [1.807, 2.05) is 19.1 Å². The predicted octanol–water partition coefficient (Wildman–Crippen LogP) is 1.80. The molecule has 1 heterocycles. The third-order valence-electron chi connectivity index (χ3n) is 3.06. The number of hydrogen-bond donors (Lipinski definition) is 1. The zero-order valence-electron chi connectivity index (χ0n) is 10.8. The van der Waals surface area contributed by atoms with E-state index in [0.29, 0.717) is 5.75 Å². The van der Waals surface area contributed by atoms with Crippen LogP contribution in [0, 0.1) is 6.92 Å². The first-order chi connectivity index (χ1) is 9.01. The Morgan fingerprint density at radius 1 is 1.47 bits per heavy atom. The summed E-state index contributed by atoms with van der Waals surface area (Å²) in [7, 11) is 1.55. The molecule has 1 unspecified atom stereocenters. The van der Waals surface area contributed by atoms with E-state index in [1.54, 1.807) is 13.2 Å². The van der Waals surface area contributed by atoms with E-state index in [2.05, 4.69) is 4.74 Å². The molecule has 1 aliphatic heterocycles. The molecule has 1 atom stereocenters. The van der Waals surface area contributed by atoms with Crippen molar-refractivity contribution in [2.75, 3.05) is 18.6 Å². The van der Waals surface area contributed by atoms with E-state index in [-0.39, 0.29) is 18.9 Å². The van der Waals surface area contributed by atoms with Crippen LogP contribution in [0.2, 0.25) is 0 Å². The van der Waals surface area contributed by atoms with Crippen LogP contribution < -0.4 is 9.64 Å². The molecule has 6 nitrogen and oxygen atoms in total. The van der Waals surface area contributed by atoms with Crippen molar-refractivity contribution in [3.63, 3.8) is 0 Å². The summed E-state index contributed by atoms with van der Waals surface area (Å²) in [6.45, 7) is 2.12. The first-order valence-electron chi connectivity index (χ1n) is 5.86. The Morgan fingerprint density at radius 2 is 2.21 bits per heavy atom. The van der Waals surface area contributed by atoms with Gasteiger partial charge in [-0.25, -0.2) is 4.79 Å². The number of rotatable bonds is 3. The highest BCUT2D eigenvalue weighted by molar-refractivity contribution is 5.97. The fourth-order valence-electron chi connectivity index (χ4n) is 2.14. The van der Waals surface area contributed by atoms with E-state index in [0.717, 1.165) is 11.3 Å². The van der Waals surface area contributed by atoms with Crippen LogP contribution in [0.4, 0.5) is 10.5 Å². The smallest absolute Gasteiger partial charge is 0.497 e. The van der Waals surface area contributed by atoms with Crippen LogP contribution in [-0.2, 0) is 9.53 Å². The molecule has 1 aromatic rings. The lowest BCUT2D eigenvalue weighted by molar-refractivity contribution is -0.117. The number of benzene rings is 1. The molecule has 0 saturated carbocycles. The van der Waals surface area contributed by atoms with Gasteiger partial charge in [-0.2, -0.15) is 0 Å². The standard InChI is InChI=1S/C13H15NO5/c1-8-3-4-9(18-2)5-11(8)14-7-10(6-12(14)15)19-13(16)17/h3-5,10H,6-7H2,1-2H3,(H,16,17). The normalized spacial score (nSPS) is 18.5. The molecule has 0 radical (unpaired) electrons. The minimum absolute atomic E-state index is 0.0724. The number of carbonyl (C=O) groups is 2. The number of hydrogen-bond acceptors (Lipinski definition) is 4. The fraction of sp³-hybridized carbons (Fsp3) is 0.385. The van der Waals surface area contributed by atoms with Crippen molar-refractivity contribution in [2.45, 2.75) is 19.4 Å². The van der Waals surface area contributed by atoms with Crippen LogP contribution in [0.25, 0.3) is 0 Å². The van der Waals surface area contributed by atoms with Gasteiger partial charge in [0.15, 0.2) is 0 Å². The topological polar surface area (TPSA) is 76.1 Å². The molecule has 19 heavy (non-hydrogen) atoms. The zero-order chi connectivity index (χ0) is 14.0. The largest absolute Gasteiger partial charge is 0.506 e. The van der Waals surface area contributed by atoms with E-state index in [1.165, 1.54) is 4.90 Å². The zero-order valence-corrected chi connectivity index (χ0v) is 10.8. The van der Waals surface area contributed by atoms with Gasteiger partial charge in [-0.1, -0.05) is 6.07 Å². The lowest BCUT2D eigenvalue weighted by atomic mass is 10.1. The Labute approximate surface area is 110 Å². The summed E-state index contributed by atoms with van der Waals surface area (Å²) in [5, 5.41) is 8.58. The van der Waals surface area contributed by atoms with Crippen LogP contribution in [-0.4, -0.2) is 36.9 Å². The second kappa shape index (κ2) is 5.17. The lowest BCUT2D eigenvalue weighted by Crippen LogP contribution is -2.27. The molecular weight excluding hydrogens is 250 g/mol. The molecule has 0 bridgehead atoms. The van der Waals surface area contributed by atoms with Crippen molar-refractivity contribution in [2.24, 2.45) is 0 Å². The van der Waals surface area contributed by atoms with Crippen molar-refractivity contribution in [3.8, 4) is 5.75 Å². The van der Waals surface area contributed by atoms with Gasteiger partial charge < -0.3 is 19.5 Å². The van der Waals surface area contributed by atoms with Crippen LogP contribution in [0.5, 0.6) is 5.75 Å². The van der Waals surface area contributed by atoms with Crippen molar-refractivity contribution < 1.29 is 24.2 Å². The van der Waals surface area contributed by atoms with Crippen molar-refractivity contribution in [1.82, 2.24) is 0 Å². The van der Waals surface area contributed by atoms with Gasteiger partial charge >= 0.3 is 6.16 Å². The molecule has 2 rings (SSSR count). The van der Waals surface area contributed by atoms with E-state index in [4.69, 9.17) is 9.84 Å². The quantitative estimate of drug-likeness (QED) is 0.843. The highest BCUT2D eigenvalue weighted by atomic mass is 16.7. The van der Waals surface area contributed by atoms with Crippen molar-refractivity contribution in [1.29, 1.82) is 0 Å². The maximum atomic E-state index is 11.9. The van der Waals surface area contributed by atoms with Gasteiger partial charge in [0.2, 0.25) is 5.91 Å². The van der Waals surface area contributed by atoms with Crippen LogP contribution in [0.1, 0.15) is 12.0 Å². The van der Waals surface area contributed by atoms with Gasteiger partial charge in [-0.05, 0) is 18.6 Å². The summed E-state index contributed by atoms with van der Waals surface area (Å²) in [4.78, 5) is 24.0. The van der Waals surface area contributed by atoms with Crippen molar-refractivity contribution >= 4 is 17.7 Å². The molecule has 0 aliphatic carbocycles. The summed E-state index contributed by atoms with van der Waals surface area (Å²) < 4.78 is 9.79. The average molecular weight is 265 g/mol. The van der Waals surface area contributed by atoms with Gasteiger partial charge in [-0.3, -0.25) is 4.79 Å². The average Bonchev–Trinajstić information content (AvgIpc) is 2.70. The molecule has 1 fully saturated rings. The highest BCUT2D eigenvalue weighted by Gasteiger charge is 2.34.